The molecule has 2 fully saturated rings. The van der Waals surface area contributed by atoms with Gasteiger partial charge in [-0.2, -0.15) is 15.0 Å². The molecule has 0 aromatic carbocycles. The quantitative estimate of drug-likeness (QED) is 0.832. The molecule has 2 heterocycles. The Kier molecular flexibility index (Phi) is 2.38. The van der Waals surface area contributed by atoms with Crippen LogP contribution in [0, 0.1) is 0 Å². The number of hydrogen-bond donors (Lipinski definition) is 1. The molecule has 1 saturated carbocycles. The molecule has 1 aromatic rings. The smallest absolute Gasteiger partial charge is 0.230 e. The monoisotopic (exact) mass is 219 g/mol. The van der Waals surface area contributed by atoms with Crippen molar-refractivity contribution >= 4 is 11.9 Å². The highest BCUT2D eigenvalue weighted by Gasteiger charge is 2.28. The zero-order valence-corrected chi connectivity index (χ0v) is 9.61. The first-order valence-corrected chi connectivity index (χ1v) is 6.05. The van der Waals surface area contributed by atoms with E-state index in [1.165, 1.54) is 25.7 Å². The van der Waals surface area contributed by atoms with E-state index in [1.807, 2.05) is 7.05 Å². The molecule has 1 N–H and O–H groups in total. The van der Waals surface area contributed by atoms with Crippen molar-refractivity contribution in [3.63, 3.8) is 0 Å². The molecule has 1 aromatic heterocycles. The minimum atomic E-state index is 0.580. The predicted molar refractivity (Wildman–Crippen MR) is 62.8 cm³/mol. The lowest BCUT2D eigenvalue weighted by Crippen LogP contribution is -2.22. The van der Waals surface area contributed by atoms with Crippen molar-refractivity contribution in [2.24, 2.45) is 0 Å². The van der Waals surface area contributed by atoms with Gasteiger partial charge in [0.1, 0.15) is 5.82 Å². The molecule has 5 heteroatoms. The fourth-order valence-corrected chi connectivity index (χ4v) is 2.08. The molecule has 2 aliphatic rings. The van der Waals surface area contributed by atoms with Gasteiger partial charge in [0.05, 0.1) is 0 Å². The van der Waals surface area contributed by atoms with Gasteiger partial charge in [-0.25, -0.2) is 0 Å². The molecule has 16 heavy (non-hydrogen) atoms. The number of rotatable bonds is 3. The Balaban J connectivity index is 1.92. The maximum atomic E-state index is 4.59. The number of anilines is 2. The molecular weight excluding hydrogens is 202 g/mol. The number of nitrogens with one attached hydrogen (secondary N) is 1. The molecule has 5 nitrogen and oxygen atoms in total. The van der Waals surface area contributed by atoms with Gasteiger partial charge in [0.15, 0.2) is 0 Å². The lowest BCUT2D eigenvalue weighted by Gasteiger charge is -2.16. The zero-order valence-electron chi connectivity index (χ0n) is 9.61. The van der Waals surface area contributed by atoms with Gasteiger partial charge >= 0.3 is 0 Å². The third-order valence-electron chi connectivity index (χ3n) is 3.20. The van der Waals surface area contributed by atoms with Crippen LogP contribution in [-0.4, -0.2) is 35.1 Å². The Morgan fingerprint density at radius 3 is 2.50 bits per heavy atom. The standard InChI is InChI=1S/C11H17N5/c1-12-10-13-9(8-4-5-8)14-11(15-10)16-6-2-3-7-16/h8H,2-7H2,1H3,(H,12,13,14,15). The van der Waals surface area contributed by atoms with Crippen molar-refractivity contribution in [2.75, 3.05) is 30.4 Å². The van der Waals surface area contributed by atoms with Crippen LogP contribution in [0.25, 0.3) is 0 Å². The molecular formula is C11H17N5. The molecule has 0 radical (unpaired) electrons. The summed E-state index contributed by atoms with van der Waals surface area (Å²) in [7, 11) is 1.86. The number of hydrogen-bond acceptors (Lipinski definition) is 5. The zero-order chi connectivity index (χ0) is 11.0. The summed E-state index contributed by atoms with van der Waals surface area (Å²) in [6, 6.07) is 0. The highest BCUT2D eigenvalue weighted by molar-refractivity contribution is 5.38. The predicted octanol–water partition coefficient (Wildman–Crippen LogP) is 1.39. The molecule has 0 spiro atoms. The first kappa shape index (κ1) is 9.81. The maximum absolute atomic E-state index is 4.59. The van der Waals surface area contributed by atoms with E-state index in [4.69, 9.17) is 0 Å². The molecule has 1 aliphatic heterocycles. The Morgan fingerprint density at radius 1 is 1.12 bits per heavy atom. The van der Waals surface area contributed by atoms with Crippen molar-refractivity contribution in [3.8, 4) is 0 Å². The van der Waals surface area contributed by atoms with E-state index in [1.54, 1.807) is 0 Å². The molecule has 0 amide bonds. The number of aromatic nitrogens is 3. The van der Waals surface area contributed by atoms with E-state index in [0.717, 1.165) is 24.9 Å². The topological polar surface area (TPSA) is 53.9 Å². The third-order valence-corrected chi connectivity index (χ3v) is 3.20. The van der Waals surface area contributed by atoms with Crippen molar-refractivity contribution < 1.29 is 0 Å². The highest BCUT2D eigenvalue weighted by atomic mass is 15.3. The Bertz CT molecular complexity index is 382. The minimum absolute atomic E-state index is 0.580. The SMILES string of the molecule is CNc1nc(C2CC2)nc(N2CCCC2)n1. The first-order valence-electron chi connectivity index (χ1n) is 6.05. The van der Waals surface area contributed by atoms with Crippen molar-refractivity contribution in [2.45, 2.75) is 31.6 Å². The van der Waals surface area contributed by atoms with E-state index in [2.05, 4.69) is 25.2 Å². The molecule has 1 aliphatic carbocycles. The van der Waals surface area contributed by atoms with Crippen LogP contribution in [0.1, 0.15) is 37.4 Å². The minimum Gasteiger partial charge on any atom is -0.357 e. The third kappa shape index (κ3) is 1.81. The van der Waals surface area contributed by atoms with Gasteiger partial charge in [-0.05, 0) is 25.7 Å². The lowest BCUT2D eigenvalue weighted by atomic mass is 10.4. The summed E-state index contributed by atoms with van der Waals surface area (Å²) in [5, 5.41) is 3.02. The average molecular weight is 219 g/mol. The summed E-state index contributed by atoms with van der Waals surface area (Å²) in [4.78, 5) is 15.7. The van der Waals surface area contributed by atoms with E-state index in [-0.39, 0.29) is 0 Å². The van der Waals surface area contributed by atoms with Gasteiger partial charge in [0.25, 0.3) is 0 Å². The largest absolute Gasteiger partial charge is 0.357 e. The van der Waals surface area contributed by atoms with Gasteiger partial charge in [-0.15, -0.1) is 0 Å². The van der Waals surface area contributed by atoms with Crippen molar-refractivity contribution in [1.29, 1.82) is 0 Å². The van der Waals surface area contributed by atoms with Gasteiger partial charge in [0.2, 0.25) is 11.9 Å². The highest BCUT2D eigenvalue weighted by Crippen LogP contribution is 2.38. The summed E-state index contributed by atoms with van der Waals surface area (Å²) in [6.07, 6.45) is 4.96. The van der Waals surface area contributed by atoms with E-state index in [9.17, 15) is 0 Å². The molecule has 1 saturated heterocycles. The second-order valence-corrected chi connectivity index (χ2v) is 4.54. The van der Waals surface area contributed by atoms with Crippen molar-refractivity contribution in [3.05, 3.63) is 5.82 Å². The van der Waals surface area contributed by atoms with Crippen molar-refractivity contribution in [1.82, 2.24) is 15.0 Å². The van der Waals surface area contributed by atoms with Crippen LogP contribution in [0.3, 0.4) is 0 Å². The normalized spacial score (nSPS) is 20.2. The summed E-state index contributed by atoms with van der Waals surface area (Å²) >= 11 is 0. The average Bonchev–Trinajstić information content (AvgIpc) is 3.04. The first-order chi connectivity index (χ1) is 7.86. The summed E-state index contributed by atoms with van der Waals surface area (Å²) < 4.78 is 0. The second-order valence-electron chi connectivity index (χ2n) is 4.54. The Morgan fingerprint density at radius 2 is 1.88 bits per heavy atom. The van der Waals surface area contributed by atoms with E-state index >= 15 is 0 Å². The van der Waals surface area contributed by atoms with Crippen LogP contribution in [-0.2, 0) is 0 Å². The molecule has 3 rings (SSSR count). The summed E-state index contributed by atoms with van der Waals surface area (Å²) in [5.41, 5.74) is 0. The fraction of sp³-hybridized carbons (Fsp3) is 0.727. The van der Waals surface area contributed by atoms with Crippen LogP contribution in [0.15, 0.2) is 0 Å². The molecule has 0 atom stereocenters. The summed E-state index contributed by atoms with van der Waals surface area (Å²) in [5.74, 6) is 3.12. The van der Waals surface area contributed by atoms with Gasteiger partial charge in [0, 0.05) is 26.1 Å². The summed E-state index contributed by atoms with van der Waals surface area (Å²) in [6.45, 7) is 2.16. The Labute approximate surface area is 95.3 Å². The molecule has 0 bridgehead atoms. The molecule has 86 valence electrons. The second kappa shape index (κ2) is 3.88. The Hall–Kier alpha value is -1.39. The van der Waals surface area contributed by atoms with Crippen LogP contribution in [0.4, 0.5) is 11.9 Å². The van der Waals surface area contributed by atoms with E-state index < -0.39 is 0 Å². The lowest BCUT2D eigenvalue weighted by molar-refractivity contribution is 0.831. The van der Waals surface area contributed by atoms with E-state index in [0.29, 0.717) is 11.9 Å². The maximum Gasteiger partial charge on any atom is 0.230 e. The van der Waals surface area contributed by atoms with Gasteiger partial charge < -0.3 is 10.2 Å². The molecule has 0 unspecified atom stereocenters. The van der Waals surface area contributed by atoms with Gasteiger partial charge in [-0.3, -0.25) is 0 Å². The van der Waals surface area contributed by atoms with Crippen LogP contribution in [0.2, 0.25) is 0 Å². The van der Waals surface area contributed by atoms with Crippen LogP contribution < -0.4 is 10.2 Å². The fourth-order valence-electron chi connectivity index (χ4n) is 2.08. The van der Waals surface area contributed by atoms with Gasteiger partial charge in [-0.1, -0.05) is 0 Å². The van der Waals surface area contributed by atoms with Crippen LogP contribution in [0.5, 0.6) is 0 Å². The number of nitrogens with zero attached hydrogens (tertiary/aromatic N) is 4. The van der Waals surface area contributed by atoms with Crippen LogP contribution >= 0.6 is 0 Å².